The zero-order valence-corrected chi connectivity index (χ0v) is 13.9. The van der Waals surface area contributed by atoms with Crippen molar-refractivity contribution in [1.82, 2.24) is 15.3 Å². The van der Waals surface area contributed by atoms with E-state index in [4.69, 9.17) is 23.2 Å². The van der Waals surface area contributed by atoms with Crippen LogP contribution in [0.25, 0.3) is 10.9 Å². The minimum atomic E-state index is -0.172. The van der Waals surface area contributed by atoms with E-state index in [2.05, 4.69) is 15.3 Å². The summed E-state index contributed by atoms with van der Waals surface area (Å²) in [6, 6.07) is 12.7. The first kappa shape index (κ1) is 16.0. The summed E-state index contributed by atoms with van der Waals surface area (Å²) in [6.45, 7) is 2.43. The highest BCUT2D eigenvalue weighted by Crippen LogP contribution is 2.22. The van der Waals surface area contributed by atoms with Gasteiger partial charge in [0.15, 0.2) is 0 Å². The van der Waals surface area contributed by atoms with Crippen LogP contribution < -0.4 is 10.9 Å². The molecule has 0 amide bonds. The van der Waals surface area contributed by atoms with Crippen molar-refractivity contribution in [3.63, 3.8) is 0 Å². The summed E-state index contributed by atoms with van der Waals surface area (Å²) in [5.41, 5.74) is 1.41. The molecule has 2 N–H and O–H groups in total. The van der Waals surface area contributed by atoms with Crippen LogP contribution in [-0.4, -0.2) is 9.97 Å². The van der Waals surface area contributed by atoms with Crippen LogP contribution in [-0.2, 0) is 6.54 Å². The molecule has 0 radical (unpaired) electrons. The van der Waals surface area contributed by atoms with Crippen molar-refractivity contribution in [3.05, 3.63) is 74.3 Å². The second-order valence-electron chi connectivity index (χ2n) is 5.30. The van der Waals surface area contributed by atoms with Gasteiger partial charge in [-0.1, -0.05) is 41.4 Å². The van der Waals surface area contributed by atoms with E-state index in [0.717, 1.165) is 5.56 Å². The molecule has 0 saturated carbocycles. The number of halogens is 2. The third-order valence-corrected chi connectivity index (χ3v) is 4.24. The predicted molar refractivity (Wildman–Crippen MR) is 94.1 cm³/mol. The first-order valence-electron chi connectivity index (χ1n) is 7.21. The van der Waals surface area contributed by atoms with E-state index < -0.39 is 0 Å². The van der Waals surface area contributed by atoms with Crippen LogP contribution in [0.3, 0.4) is 0 Å². The number of hydrogen-bond acceptors (Lipinski definition) is 3. The lowest BCUT2D eigenvalue weighted by Crippen LogP contribution is -2.22. The molecule has 0 aliphatic rings. The van der Waals surface area contributed by atoms with Gasteiger partial charge in [0.25, 0.3) is 5.56 Å². The Hall–Kier alpha value is -1.88. The number of benzene rings is 2. The van der Waals surface area contributed by atoms with E-state index >= 15 is 0 Å². The normalized spacial score (nSPS) is 12.5. The van der Waals surface area contributed by atoms with Crippen molar-refractivity contribution in [2.24, 2.45) is 0 Å². The molecule has 0 saturated heterocycles. The highest BCUT2D eigenvalue weighted by molar-refractivity contribution is 6.31. The number of aromatic amines is 1. The van der Waals surface area contributed by atoms with Crippen molar-refractivity contribution < 1.29 is 0 Å². The van der Waals surface area contributed by atoms with Crippen molar-refractivity contribution in [2.75, 3.05) is 0 Å². The molecule has 2 aromatic carbocycles. The molecule has 1 heterocycles. The highest BCUT2D eigenvalue weighted by Gasteiger charge is 2.10. The molecule has 3 rings (SSSR count). The minimum absolute atomic E-state index is 0.0315. The van der Waals surface area contributed by atoms with E-state index in [9.17, 15) is 4.79 Å². The monoisotopic (exact) mass is 347 g/mol. The van der Waals surface area contributed by atoms with Crippen LogP contribution in [0.2, 0.25) is 10.0 Å². The van der Waals surface area contributed by atoms with E-state index in [1.807, 2.05) is 31.2 Å². The summed E-state index contributed by atoms with van der Waals surface area (Å²) >= 11 is 12.2. The number of nitrogens with one attached hydrogen (secondary N) is 2. The van der Waals surface area contributed by atoms with E-state index in [0.29, 0.717) is 33.3 Å². The van der Waals surface area contributed by atoms with Crippen molar-refractivity contribution >= 4 is 34.1 Å². The fraction of sp³-hybridized carbons (Fsp3) is 0.176. The van der Waals surface area contributed by atoms with Crippen LogP contribution in [0, 0.1) is 0 Å². The SMILES string of the molecule is C[C@@H](NCc1nc2cc(Cl)ccc2c(=O)[nH]1)c1ccccc1Cl. The molecule has 6 heteroatoms. The zero-order chi connectivity index (χ0) is 16.4. The number of H-pyrrole nitrogens is 1. The van der Waals surface area contributed by atoms with Gasteiger partial charge in [-0.05, 0) is 36.8 Å². The molecule has 4 nitrogen and oxygen atoms in total. The Morgan fingerprint density at radius 3 is 2.78 bits per heavy atom. The Balaban J connectivity index is 1.82. The Labute approximate surface area is 143 Å². The molecule has 118 valence electrons. The Bertz CT molecular complexity index is 908. The second-order valence-corrected chi connectivity index (χ2v) is 6.14. The van der Waals surface area contributed by atoms with Gasteiger partial charge in [-0.3, -0.25) is 4.79 Å². The quantitative estimate of drug-likeness (QED) is 0.747. The number of rotatable bonds is 4. The summed E-state index contributed by atoms with van der Waals surface area (Å²) in [4.78, 5) is 19.3. The molecule has 0 bridgehead atoms. The number of fused-ring (bicyclic) bond motifs is 1. The summed E-state index contributed by atoms with van der Waals surface area (Å²) < 4.78 is 0. The summed E-state index contributed by atoms with van der Waals surface area (Å²) in [6.07, 6.45) is 0. The zero-order valence-electron chi connectivity index (χ0n) is 12.4. The number of aromatic nitrogens is 2. The predicted octanol–water partition coefficient (Wildman–Crippen LogP) is 4.08. The van der Waals surface area contributed by atoms with Crippen LogP contribution in [0.1, 0.15) is 24.4 Å². The molecule has 0 spiro atoms. The molecule has 3 aromatic rings. The van der Waals surface area contributed by atoms with Crippen LogP contribution >= 0.6 is 23.2 Å². The van der Waals surface area contributed by atoms with E-state index in [1.165, 1.54) is 0 Å². The molecule has 23 heavy (non-hydrogen) atoms. The molecule has 0 aliphatic carbocycles. The van der Waals surface area contributed by atoms with Gasteiger partial charge in [0, 0.05) is 16.1 Å². The third-order valence-electron chi connectivity index (χ3n) is 3.67. The fourth-order valence-electron chi connectivity index (χ4n) is 2.43. The summed E-state index contributed by atoms with van der Waals surface area (Å²) in [7, 11) is 0. The molecule has 0 aliphatic heterocycles. The van der Waals surface area contributed by atoms with Crippen molar-refractivity contribution in [1.29, 1.82) is 0 Å². The standard InChI is InChI=1S/C17H15Cl2N3O/c1-10(12-4-2-3-5-14(12)19)20-9-16-21-15-8-11(18)6-7-13(15)17(23)22-16/h2-8,10,20H,9H2,1H3,(H,21,22,23)/t10-/m1/s1. The van der Waals surface area contributed by atoms with Crippen molar-refractivity contribution in [2.45, 2.75) is 19.5 Å². The van der Waals surface area contributed by atoms with Gasteiger partial charge in [0.05, 0.1) is 17.4 Å². The van der Waals surface area contributed by atoms with Crippen molar-refractivity contribution in [3.8, 4) is 0 Å². The molecule has 1 aromatic heterocycles. The fourth-order valence-corrected chi connectivity index (χ4v) is 2.90. The van der Waals surface area contributed by atoms with Gasteiger partial charge >= 0.3 is 0 Å². The van der Waals surface area contributed by atoms with Gasteiger partial charge in [0.1, 0.15) is 5.82 Å². The maximum absolute atomic E-state index is 12.1. The summed E-state index contributed by atoms with van der Waals surface area (Å²) in [5, 5.41) is 5.10. The van der Waals surface area contributed by atoms with Crippen LogP contribution in [0.4, 0.5) is 0 Å². The van der Waals surface area contributed by atoms with E-state index in [-0.39, 0.29) is 11.6 Å². The molecular weight excluding hydrogens is 333 g/mol. The minimum Gasteiger partial charge on any atom is -0.309 e. The summed E-state index contributed by atoms with van der Waals surface area (Å²) in [5.74, 6) is 0.559. The smallest absolute Gasteiger partial charge is 0.258 e. The van der Waals surface area contributed by atoms with Crippen LogP contribution in [0.15, 0.2) is 47.3 Å². The number of hydrogen-bond donors (Lipinski definition) is 2. The van der Waals surface area contributed by atoms with Gasteiger partial charge < -0.3 is 10.3 Å². The Kier molecular flexibility index (Phi) is 4.66. The lowest BCUT2D eigenvalue weighted by atomic mass is 10.1. The first-order chi connectivity index (χ1) is 11.0. The third kappa shape index (κ3) is 3.55. The average Bonchev–Trinajstić information content (AvgIpc) is 2.52. The Morgan fingerprint density at radius 1 is 1.22 bits per heavy atom. The topological polar surface area (TPSA) is 57.8 Å². The molecule has 0 fully saturated rings. The van der Waals surface area contributed by atoms with Gasteiger partial charge in [-0.25, -0.2) is 4.98 Å². The maximum atomic E-state index is 12.1. The van der Waals surface area contributed by atoms with Gasteiger partial charge in [-0.15, -0.1) is 0 Å². The number of nitrogens with zero attached hydrogens (tertiary/aromatic N) is 1. The average molecular weight is 348 g/mol. The molecular formula is C17H15Cl2N3O. The van der Waals surface area contributed by atoms with Gasteiger partial charge in [0.2, 0.25) is 0 Å². The highest BCUT2D eigenvalue weighted by atomic mass is 35.5. The van der Waals surface area contributed by atoms with Gasteiger partial charge in [-0.2, -0.15) is 0 Å². The molecule has 0 unspecified atom stereocenters. The van der Waals surface area contributed by atoms with E-state index in [1.54, 1.807) is 18.2 Å². The maximum Gasteiger partial charge on any atom is 0.258 e. The molecule has 1 atom stereocenters. The second kappa shape index (κ2) is 6.71. The van der Waals surface area contributed by atoms with Crippen LogP contribution in [0.5, 0.6) is 0 Å². The Morgan fingerprint density at radius 2 is 2.00 bits per heavy atom. The largest absolute Gasteiger partial charge is 0.309 e. The lowest BCUT2D eigenvalue weighted by Gasteiger charge is -2.15. The first-order valence-corrected chi connectivity index (χ1v) is 7.96. The lowest BCUT2D eigenvalue weighted by molar-refractivity contribution is 0.559.